The Morgan fingerprint density at radius 2 is 2.18 bits per heavy atom. The molecule has 1 aliphatic carbocycles. The lowest BCUT2D eigenvalue weighted by molar-refractivity contribution is -0.149. The molecule has 0 bridgehead atoms. The van der Waals surface area contributed by atoms with Crippen molar-refractivity contribution >= 4 is 5.97 Å². The molecule has 1 aliphatic heterocycles. The first-order chi connectivity index (χ1) is 8.27. The summed E-state index contributed by atoms with van der Waals surface area (Å²) in [5.74, 6) is 0.0770. The van der Waals surface area contributed by atoms with Crippen LogP contribution in [-0.2, 0) is 16.1 Å². The maximum Gasteiger partial charge on any atom is 0.309 e. The molecule has 2 fully saturated rings. The molecule has 2 aliphatic rings. The molecule has 1 aromatic rings. The van der Waals surface area contributed by atoms with Crippen LogP contribution in [0.3, 0.4) is 0 Å². The molecule has 3 nitrogen and oxygen atoms in total. The number of nitrogens with one attached hydrogen (secondary N) is 1. The standard InChI is InChI=1S/C14H17NO2/c16-13(12-6-7-14(8-12)10-15-14)17-9-11-4-2-1-3-5-11/h1-5,12,15H,6-10H2. The molecule has 3 rings (SSSR count). The fourth-order valence-corrected chi connectivity index (χ4v) is 2.62. The van der Waals surface area contributed by atoms with E-state index in [0.717, 1.165) is 31.4 Å². The van der Waals surface area contributed by atoms with E-state index < -0.39 is 0 Å². The minimum absolute atomic E-state index is 0.0283. The maximum atomic E-state index is 11.9. The summed E-state index contributed by atoms with van der Waals surface area (Å²) in [6.45, 7) is 1.48. The van der Waals surface area contributed by atoms with Crippen LogP contribution in [0.25, 0.3) is 0 Å². The lowest BCUT2D eigenvalue weighted by Crippen LogP contribution is -2.17. The average molecular weight is 231 g/mol. The van der Waals surface area contributed by atoms with Crippen molar-refractivity contribution in [2.45, 2.75) is 31.4 Å². The number of hydrogen-bond acceptors (Lipinski definition) is 3. The molecule has 1 N–H and O–H groups in total. The van der Waals surface area contributed by atoms with Crippen LogP contribution in [0, 0.1) is 5.92 Å². The third kappa shape index (κ3) is 2.34. The first kappa shape index (κ1) is 10.8. The van der Waals surface area contributed by atoms with Gasteiger partial charge in [0.15, 0.2) is 0 Å². The van der Waals surface area contributed by atoms with Crippen molar-refractivity contribution in [1.82, 2.24) is 5.32 Å². The molecule has 2 unspecified atom stereocenters. The molecular formula is C14H17NO2. The molecular weight excluding hydrogens is 214 g/mol. The van der Waals surface area contributed by atoms with Crippen LogP contribution in [0.1, 0.15) is 24.8 Å². The van der Waals surface area contributed by atoms with Crippen molar-refractivity contribution in [2.75, 3.05) is 6.54 Å². The van der Waals surface area contributed by atoms with E-state index in [2.05, 4.69) is 5.32 Å². The van der Waals surface area contributed by atoms with Crippen molar-refractivity contribution in [1.29, 1.82) is 0 Å². The van der Waals surface area contributed by atoms with Crippen LogP contribution in [0.4, 0.5) is 0 Å². The van der Waals surface area contributed by atoms with Crippen molar-refractivity contribution in [3.8, 4) is 0 Å². The number of carbonyl (C=O) groups excluding carboxylic acids is 1. The minimum atomic E-state index is -0.0283. The summed E-state index contributed by atoms with van der Waals surface area (Å²) in [5.41, 5.74) is 1.36. The topological polar surface area (TPSA) is 48.2 Å². The summed E-state index contributed by atoms with van der Waals surface area (Å²) in [5, 5.41) is 3.36. The van der Waals surface area contributed by atoms with Gasteiger partial charge in [0.25, 0.3) is 0 Å². The van der Waals surface area contributed by atoms with Crippen LogP contribution in [0.15, 0.2) is 30.3 Å². The number of esters is 1. The van der Waals surface area contributed by atoms with Gasteiger partial charge in [-0.25, -0.2) is 0 Å². The summed E-state index contributed by atoms with van der Waals surface area (Å²) in [6.07, 6.45) is 3.05. The molecule has 0 aromatic heterocycles. The third-order valence-corrected chi connectivity index (χ3v) is 3.84. The van der Waals surface area contributed by atoms with Crippen molar-refractivity contribution in [3.63, 3.8) is 0 Å². The highest BCUT2D eigenvalue weighted by Gasteiger charge is 2.50. The Hall–Kier alpha value is -1.35. The molecule has 1 spiro atoms. The Morgan fingerprint density at radius 1 is 1.41 bits per heavy atom. The van der Waals surface area contributed by atoms with Gasteiger partial charge >= 0.3 is 5.97 Å². The zero-order valence-corrected chi connectivity index (χ0v) is 9.82. The molecule has 1 saturated carbocycles. The minimum Gasteiger partial charge on any atom is -0.461 e. The Bertz CT molecular complexity index is 411. The van der Waals surface area contributed by atoms with E-state index in [1.807, 2.05) is 30.3 Å². The zero-order valence-electron chi connectivity index (χ0n) is 9.82. The number of benzene rings is 1. The van der Waals surface area contributed by atoms with E-state index in [-0.39, 0.29) is 11.9 Å². The van der Waals surface area contributed by atoms with Gasteiger partial charge < -0.3 is 10.1 Å². The lowest BCUT2D eigenvalue weighted by atomic mass is 10.1. The Kier molecular flexibility index (Phi) is 2.63. The molecule has 2 atom stereocenters. The molecule has 17 heavy (non-hydrogen) atoms. The van der Waals surface area contributed by atoms with E-state index in [1.165, 1.54) is 0 Å². The molecule has 90 valence electrons. The third-order valence-electron chi connectivity index (χ3n) is 3.84. The predicted octanol–water partition coefficient (Wildman–Crippen LogP) is 1.87. The summed E-state index contributed by atoms with van der Waals surface area (Å²) < 4.78 is 5.37. The summed E-state index contributed by atoms with van der Waals surface area (Å²) >= 11 is 0. The Labute approximate surface area is 101 Å². The average Bonchev–Trinajstić information content (AvgIpc) is 2.98. The van der Waals surface area contributed by atoms with E-state index in [1.54, 1.807) is 0 Å². The second kappa shape index (κ2) is 4.15. The van der Waals surface area contributed by atoms with Crippen molar-refractivity contribution < 1.29 is 9.53 Å². The first-order valence-electron chi connectivity index (χ1n) is 6.23. The summed E-state index contributed by atoms with van der Waals surface area (Å²) in [7, 11) is 0. The molecule has 3 heteroatoms. The van der Waals surface area contributed by atoms with Crippen LogP contribution < -0.4 is 5.32 Å². The van der Waals surface area contributed by atoms with Gasteiger partial charge in [-0.05, 0) is 24.8 Å². The highest BCUT2D eigenvalue weighted by atomic mass is 16.5. The smallest absolute Gasteiger partial charge is 0.309 e. The van der Waals surface area contributed by atoms with Gasteiger partial charge in [0.1, 0.15) is 6.61 Å². The van der Waals surface area contributed by atoms with E-state index in [4.69, 9.17) is 4.74 Å². The fraction of sp³-hybridized carbons (Fsp3) is 0.500. The number of carbonyl (C=O) groups is 1. The maximum absolute atomic E-state index is 11.9. The van der Waals surface area contributed by atoms with Gasteiger partial charge in [-0.2, -0.15) is 0 Å². The second-order valence-electron chi connectivity index (χ2n) is 5.17. The van der Waals surface area contributed by atoms with E-state index >= 15 is 0 Å². The lowest BCUT2D eigenvalue weighted by Gasteiger charge is -2.10. The Balaban J connectivity index is 1.51. The number of rotatable bonds is 3. The monoisotopic (exact) mass is 231 g/mol. The highest BCUT2D eigenvalue weighted by Crippen LogP contribution is 2.41. The van der Waals surface area contributed by atoms with Gasteiger partial charge in [0.2, 0.25) is 0 Å². The Morgan fingerprint density at radius 3 is 2.82 bits per heavy atom. The van der Waals surface area contributed by atoms with Gasteiger partial charge in [0, 0.05) is 12.1 Å². The first-order valence-corrected chi connectivity index (χ1v) is 6.23. The molecule has 1 heterocycles. The van der Waals surface area contributed by atoms with Gasteiger partial charge in [-0.3, -0.25) is 4.79 Å². The predicted molar refractivity (Wildman–Crippen MR) is 64.3 cm³/mol. The molecule has 1 saturated heterocycles. The largest absolute Gasteiger partial charge is 0.461 e. The summed E-state index contributed by atoms with van der Waals surface area (Å²) in [4.78, 5) is 11.9. The van der Waals surface area contributed by atoms with Gasteiger partial charge in [-0.15, -0.1) is 0 Å². The van der Waals surface area contributed by atoms with Crippen LogP contribution >= 0.6 is 0 Å². The number of ether oxygens (including phenoxy) is 1. The van der Waals surface area contributed by atoms with Crippen LogP contribution in [0.2, 0.25) is 0 Å². The second-order valence-corrected chi connectivity index (χ2v) is 5.17. The van der Waals surface area contributed by atoms with E-state index in [9.17, 15) is 4.79 Å². The quantitative estimate of drug-likeness (QED) is 0.638. The van der Waals surface area contributed by atoms with Crippen LogP contribution in [0.5, 0.6) is 0 Å². The zero-order chi connectivity index (χ0) is 11.7. The summed E-state index contributed by atoms with van der Waals surface area (Å²) in [6, 6.07) is 9.84. The highest BCUT2D eigenvalue weighted by molar-refractivity contribution is 5.73. The van der Waals surface area contributed by atoms with Crippen LogP contribution in [-0.4, -0.2) is 18.1 Å². The molecule has 1 aromatic carbocycles. The molecule has 0 radical (unpaired) electrons. The number of hydrogen-bond donors (Lipinski definition) is 1. The van der Waals surface area contributed by atoms with Crippen molar-refractivity contribution in [2.24, 2.45) is 5.92 Å². The van der Waals surface area contributed by atoms with E-state index in [0.29, 0.717) is 12.1 Å². The normalized spacial score (nSPS) is 30.5. The molecule has 0 amide bonds. The SMILES string of the molecule is O=C(OCc1ccccc1)C1CCC2(CN2)C1. The van der Waals surface area contributed by atoms with Gasteiger partial charge in [-0.1, -0.05) is 30.3 Å². The van der Waals surface area contributed by atoms with Crippen molar-refractivity contribution in [3.05, 3.63) is 35.9 Å². The van der Waals surface area contributed by atoms with Gasteiger partial charge in [0.05, 0.1) is 5.92 Å². The fourth-order valence-electron chi connectivity index (χ4n) is 2.62.